The van der Waals surface area contributed by atoms with Crippen LogP contribution in [0.3, 0.4) is 0 Å². The molecule has 0 saturated carbocycles. The number of aromatic nitrogens is 1. The summed E-state index contributed by atoms with van der Waals surface area (Å²) < 4.78 is 10.9. The predicted octanol–water partition coefficient (Wildman–Crippen LogP) is 2.81. The molecule has 0 fully saturated rings. The fourth-order valence-corrected chi connectivity index (χ4v) is 1.40. The van der Waals surface area contributed by atoms with Crippen LogP contribution in [0.2, 0.25) is 0 Å². The Morgan fingerprint density at radius 2 is 2.06 bits per heavy atom. The van der Waals surface area contributed by atoms with E-state index in [0.717, 1.165) is 0 Å². The van der Waals surface area contributed by atoms with E-state index in [1.807, 2.05) is 20.8 Å². The molecule has 5 heteroatoms. The van der Waals surface area contributed by atoms with Crippen molar-refractivity contribution in [3.8, 4) is 5.88 Å². The molecule has 0 aromatic carbocycles. The summed E-state index contributed by atoms with van der Waals surface area (Å²) in [5.41, 5.74) is -0.225. The van der Waals surface area contributed by atoms with Gasteiger partial charge in [0, 0.05) is 10.7 Å². The molecule has 0 radical (unpaired) electrons. The molecule has 1 rings (SSSR count). The number of rotatable bonds is 2. The van der Waals surface area contributed by atoms with Crippen molar-refractivity contribution >= 4 is 21.9 Å². The average molecular weight is 288 g/mol. The lowest BCUT2D eigenvalue weighted by molar-refractivity contribution is 0.00657. The number of nitrogens with zero attached hydrogens (tertiary/aromatic N) is 1. The quantitative estimate of drug-likeness (QED) is 0.785. The second kappa shape index (κ2) is 4.82. The van der Waals surface area contributed by atoms with E-state index in [9.17, 15) is 4.79 Å². The number of ether oxygens (including phenoxy) is 2. The standard InChI is InChI=1S/C11H14BrNO3/c1-11(2,3)16-10(14)8-5-7(12)6-13-9(8)15-4/h5-6H,1-4H3. The zero-order valence-electron chi connectivity index (χ0n) is 9.70. The number of carbonyl (C=O) groups excluding carboxylic acids is 1. The number of carbonyl (C=O) groups is 1. The van der Waals surface area contributed by atoms with Gasteiger partial charge in [0.05, 0.1) is 7.11 Å². The Morgan fingerprint density at radius 1 is 1.44 bits per heavy atom. The maximum absolute atomic E-state index is 11.8. The van der Waals surface area contributed by atoms with Gasteiger partial charge in [-0.3, -0.25) is 0 Å². The van der Waals surface area contributed by atoms with Gasteiger partial charge in [-0.2, -0.15) is 0 Å². The smallest absolute Gasteiger partial charge is 0.344 e. The molecule has 88 valence electrons. The minimum Gasteiger partial charge on any atom is -0.480 e. The maximum atomic E-state index is 11.8. The highest BCUT2D eigenvalue weighted by Gasteiger charge is 2.21. The molecule has 1 aromatic heterocycles. The molecule has 4 nitrogen and oxygen atoms in total. The summed E-state index contributed by atoms with van der Waals surface area (Å²) in [5.74, 6) is -0.185. The molecule has 0 unspecified atom stereocenters. The fraction of sp³-hybridized carbons (Fsp3) is 0.455. The van der Waals surface area contributed by atoms with Crippen molar-refractivity contribution in [2.45, 2.75) is 26.4 Å². The van der Waals surface area contributed by atoms with Crippen molar-refractivity contribution < 1.29 is 14.3 Å². The van der Waals surface area contributed by atoms with Crippen LogP contribution >= 0.6 is 15.9 Å². The van der Waals surface area contributed by atoms with E-state index in [1.165, 1.54) is 7.11 Å². The number of hydrogen-bond acceptors (Lipinski definition) is 4. The van der Waals surface area contributed by atoms with E-state index >= 15 is 0 Å². The molecule has 0 atom stereocenters. The van der Waals surface area contributed by atoms with Crippen molar-refractivity contribution in [1.82, 2.24) is 4.98 Å². The van der Waals surface area contributed by atoms with Crippen LogP contribution in [0, 0.1) is 0 Å². The van der Waals surface area contributed by atoms with Gasteiger partial charge >= 0.3 is 5.97 Å². The van der Waals surface area contributed by atoms with Crippen molar-refractivity contribution in [3.63, 3.8) is 0 Å². The van der Waals surface area contributed by atoms with Crippen LogP contribution in [0.5, 0.6) is 5.88 Å². The fourth-order valence-electron chi connectivity index (χ4n) is 1.07. The largest absolute Gasteiger partial charge is 0.480 e. The molecule has 16 heavy (non-hydrogen) atoms. The molecule has 0 N–H and O–H groups in total. The topological polar surface area (TPSA) is 48.4 Å². The normalized spacial score (nSPS) is 11.1. The van der Waals surface area contributed by atoms with Crippen molar-refractivity contribution in [1.29, 1.82) is 0 Å². The zero-order chi connectivity index (χ0) is 12.3. The van der Waals surface area contributed by atoms with Crippen LogP contribution in [-0.2, 0) is 4.74 Å². The van der Waals surface area contributed by atoms with Crippen LogP contribution in [0.4, 0.5) is 0 Å². The number of esters is 1. The number of methoxy groups -OCH3 is 1. The molecule has 0 aliphatic carbocycles. The first-order chi connectivity index (χ1) is 7.33. The van der Waals surface area contributed by atoms with E-state index in [4.69, 9.17) is 9.47 Å². The van der Waals surface area contributed by atoms with Crippen molar-refractivity contribution in [2.24, 2.45) is 0 Å². The number of halogens is 1. The Hall–Kier alpha value is -1.10. The number of pyridine rings is 1. The molecule has 1 aromatic rings. The second-order valence-corrected chi connectivity index (χ2v) is 5.13. The van der Waals surface area contributed by atoms with Crippen LogP contribution in [0.15, 0.2) is 16.7 Å². The maximum Gasteiger partial charge on any atom is 0.344 e. The summed E-state index contributed by atoms with van der Waals surface area (Å²) in [6, 6.07) is 1.62. The van der Waals surface area contributed by atoms with E-state index in [2.05, 4.69) is 20.9 Å². The van der Waals surface area contributed by atoms with Gasteiger partial charge in [-0.25, -0.2) is 9.78 Å². The van der Waals surface area contributed by atoms with Gasteiger partial charge in [0.25, 0.3) is 0 Å². The molecule has 0 aliphatic rings. The van der Waals surface area contributed by atoms with Gasteiger partial charge in [-0.1, -0.05) is 0 Å². The van der Waals surface area contributed by atoms with E-state index in [-0.39, 0.29) is 5.88 Å². The number of hydrogen-bond donors (Lipinski definition) is 0. The van der Waals surface area contributed by atoms with Crippen LogP contribution in [-0.4, -0.2) is 23.7 Å². The predicted molar refractivity (Wildman–Crippen MR) is 63.7 cm³/mol. The van der Waals surface area contributed by atoms with Gasteiger partial charge < -0.3 is 9.47 Å². The van der Waals surface area contributed by atoms with E-state index in [0.29, 0.717) is 10.0 Å². The molecule has 0 aliphatic heterocycles. The molecular weight excluding hydrogens is 274 g/mol. The van der Waals surface area contributed by atoms with E-state index in [1.54, 1.807) is 12.3 Å². The third-order valence-corrected chi connectivity index (χ3v) is 2.06. The Balaban J connectivity index is 3.02. The Labute approximate surface area is 103 Å². The molecular formula is C11H14BrNO3. The summed E-state index contributed by atoms with van der Waals surface area (Å²) in [6.45, 7) is 5.42. The summed E-state index contributed by atoms with van der Waals surface area (Å²) in [6.07, 6.45) is 1.56. The summed E-state index contributed by atoms with van der Waals surface area (Å²) in [7, 11) is 1.46. The third-order valence-electron chi connectivity index (χ3n) is 1.63. The second-order valence-electron chi connectivity index (χ2n) is 4.21. The first-order valence-electron chi connectivity index (χ1n) is 4.76. The SMILES string of the molecule is COc1ncc(Br)cc1C(=O)OC(C)(C)C. The minimum atomic E-state index is -0.537. The summed E-state index contributed by atoms with van der Waals surface area (Å²) in [5, 5.41) is 0. The third kappa shape index (κ3) is 3.48. The monoisotopic (exact) mass is 287 g/mol. The highest BCUT2D eigenvalue weighted by Crippen LogP contribution is 2.22. The lowest BCUT2D eigenvalue weighted by Gasteiger charge is -2.20. The molecule has 0 spiro atoms. The first-order valence-corrected chi connectivity index (χ1v) is 5.55. The Bertz CT molecular complexity index is 399. The van der Waals surface area contributed by atoms with Gasteiger partial charge in [-0.15, -0.1) is 0 Å². The van der Waals surface area contributed by atoms with Crippen LogP contribution in [0.1, 0.15) is 31.1 Å². The average Bonchev–Trinajstić information content (AvgIpc) is 2.15. The summed E-state index contributed by atoms with van der Waals surface area (Å²) in [4.78, 5) is 15.8. The Kier molecular flexibility index (Phi) is 3.91. The molecule has 1 heterocycles. The lowest BCUT2D eigenvalue weighted by atomic mass is 10.2. The molecule has 0 bridgehead atoms. The molecule has 0 saturated heterocycles. The van der Waals surface area contributed by atoms with Gasteiger partial charge in [0.2, 0.25) is 5.88 Å². The first kappa shape index (κ1) is 13.0. The van der Waals surface area contributed by atoms with Crippen LogP contribution in [0.25, 0.3) is 0 Å². The molecule has 0 amide bonds. The van der Waals surface area contributed by atoms with Crippen molar-refractivity contribution in [3.05, 3.63) is 22.3 Å². The van der Waals surface area contributed by atoms with Gasteiger partial charge in [0.15, 0.2) is 0 Å². The lowest BCUT2D eigenvalue weighted by Crippen LogP contribution is -2.24. The Morgan fingerprint density at radius 3 is 2.56 bits per heavy atom. The zero-order valence-corrected chi connectivity index (χ0v) is 11.3. The highest BCUT2D eigenvalue weighted by atomic mass is 79.9. The highest BCUT2D eigenvalue weighted by molar-refractivity contribution is 9.10. The summed E-state index contributed by atoms with van der Waals surface area (Å²) >= 11 is 3.25. The van der Waals surface area contributed by atoms with Gasteiger partial charge in [0.1, 0.15) is 11.2 Å². The van der Waals surface area contributed by atoms with Gasteiger partial charge in [-0.05, 0) is 42.8 Å². The minimum absolute atomic E-state index is 0.262. The van der Waals surface area contributed by atoms with E-state index < -0.39 is 11.6 Å². The van der Waals surface area contributed by atoms with Crippen molar-refractivity contribution in [2.75, 3.05) is 7.11 Å². The van der Waals surface area contributed by atoms with Crippen LogP contribution < -0.4 is 4.74 Å².